The van der Waals surface area contributed by atoms with Crippen LogP contribution in [0.2, 0.25) is 5.02 Å². The topological polar surface area (TPSA) is 98.3 Å². The van der Waals surface area contributed by atoms with Crippen molar-refractivity contribution in [1.29, 1.82) is 0 Å². The quantitative estimate of drug-likeness (QED) is 0.676. The molecular formula is C22H27ClN4O3. The molecule has 0 spiro atoms. The predicted molar refractivity (Wildman–Crippen MR) is 115 cm³/mol. The lowest BCUT2D eigenvalue weighted by atomic mass is 9.90. The van der Waals surface area contributed by atoms with Crippen molar-refractivity contribution in [1.82, 2.24) is 20.2 Å². The third-order valence-electron chi connectivity index (χ3n) is 5.97. The Morgan fingerprint density at radius 1 is 1.33 bits per heavy atom. The summed E-state index contributed by atoms with van der Waals surface area (Å²) in [6, 6.07) is 6.82. The van der Waals surface area contributed by atoms with Crippen LogP contribution >= 0.6 is 11.6 Å². The molecule has 2 aliphatic rings. The van der Waals surface area contributed by atoms with E-state index < -0.39 is 12.1 Å². The number of hydrogen-bond acceptors (Lipinski definition) is 5. The molecule has 1 aromatic heterocycles. The van der Waals surface area contributed by atoms with E-state index in [-0.39, 0.29) is 23.9 Å². The summed E-state index contributed by atoms with van der Waals surface area (Å²) in [5.74, 6) is 0.481. The van der Waals surface area contributed by atoms with Gasteiger partial charge in [0.1, 0.15) is 5.82 Å². The highest BCUT2D eigenvalue weighted by Crippen LogP contribution is 2.31. The number of aliphatic hydroxyl groups excluding tert-OH is 1. The van der Waals surface area contributed by atoms with Gasteiger partial charge in [-0.1, -0.05) is 31.4 Å². The Bertz CT molecular complexity index is 975. The molecule has 8 heteroatoms. The first-order valence-electron chi connectivity index (χ1n) is 10.6. The molecule has 2 aromatic rings. The second-order valence-corrected chi connectivity index (χ2v) is 8.63. The number of aromatic nitrogens is 2. The Morgan fingerprint density at radius 3 is 2.77 bits per heavy atom. The van der Waals surface area contributed by atoms with Gasteiger partial charge >= 0.3 is 0 Å². The minimum atomic E-state index is -0.501. The number of hydrogen-bond donors (Lipinski definition) is 3. The molecule has 0 saturated carbocycles. The molecule has 4 rings (SSSR count). The summed E-state index contributed by atoms with van der Waals surface area (Å²) in [4.78, 5) is 35.4. The van der Waals surface area contributed by atoms with Crippen LogP contribution in [0, 0.1) is 0 Å². The Labute approximate surface area is 180 Å². The zero-order valence-electron chi connectivity index (χ0n) is 17.0. The molecular weight excluding hydrogens is 404 g/mol. The van der Waals surface area contributed by atoms with Crippen molar-refractivity contribution in [3.8, 4) is 11.4 Å². The smallest absolute Gasteiger partial charge is 0.256 e. The Morgan fingerprint density at radius 2 is 2.10 bits per heavy atom. The first-order chi connectivity index (χ1) is 14.5. The first kappa shape index (κ1) is 21.0. The lowest BCUT2D eigenvalue weighted by Gasteiger charge is -2.35. The third-order valence-corrected chi connectivity index (χ3v) is 6.22. The van der Waals surface area contributed by atoms with Crippen LogP contribution in [-0.4, -0.2) is 51.1 Å². The molecule has 1 amide bonds. The highest BCUT2D eigenvalue weighted by atomic mass is 35.5. The van der Waals surface area contributed by atoms with Gasteiger partial charge in [0.2, 0.25) is 5.91 Å². The fraction of sp³-hybridized carbons (Fsp3) is 0.500. The van der Waals surface area contributed by atoms with Gasteiger partial charge in [0.15, 0.2) is 0 Å². The molecule has 160 valence electrons. The molecule has 3 atom stereocenters. The van der Waals surface area contributed by atoms with E-state index in [2.05, 4.69) is 17.2 Å². The maximum atomic E-state index is 13.0. The number of nitrogens with one attached hydrogen (secondary N) is 2. The summed E-state index contributed by atoms with van der Waals surface area (Å²) >= 11 is 5.98. The van der Waals surface area contributed by atoms with E-state index in [9.17, 15) is 14.7 Å². The lowest BCUT2D eigenvalue weighted by Crippen LogP contribution is -2.48. The predicted octanol–water partition coefficient (Wildman–Crippen LogP) is 2.43. The lowest BCUT2D eigenvalue weighted by molar-refractivity contribution is -0.134. The van der Waals surface area contributed by atoms with Gasteiger partial charge in [0, 0.05) is 29.6 Å². The number of amides is 1. The van der Waals surface area contributed by atoms with Gasteiger partial charge in [-0.2, -0.15) is 0 Å². The number of halogens is 1. The van der Waals surface area contributed by atoms with Crippen LogP contribution in [0.1, 0.15) is 49.8 Å². The van der Waals surface area contributed by atoms with E-state index in [0.717, 1.165) is 30.5 Å². The van der Waals surface area contributed by atoms with E-state index in [1.807, 2.05) is 12.1 Å². The monoisotopic (exact) mass is 430 g/mol. The van der Waals surface area contributed by atoms with E-state index in [1.54, 1.807) is 17.0 Å². The van der Waals surface area contributed by atoms with Crippen LogP contribution in [-0.2, 0) is 11.3 Å². The Balaban J connectivity index is 1.67. The summed E-state index contributed by atoms with van der Waals surface area (Å²) in [7, 11) is 0. The van der Waals surface area contributed by atoms with Gasteiger partial charge in [0.25, 0.3) is 5.56 Å². The van der Waals surface area contributed by atoms with Gasteiger partial charge in [0.05, 0.1) is 29.9 Å². The van der Waals surface area contributed by atoms with Crippen LogP contribution in [0.15, 0.2) is 29.1 Å². The molecule has 1 aromatic carbocycles. The molecule has 2 aliphatic heterocycles. The summed E-state index contributed by atoms with van der Waals surface area (Å²) < 4.78 is 0. The number of nitrogens with zero attached hydrogens (tertiary/aromatic N) is 2. The summed E-state index contributed by atoms with van der Waals surface area (Å²) in [6.45, 7) is 3.33. The van der Waals surface area contributed by atoms with Crippen molar-refractivity contribution in [3.63, 3.8) is 0 Å². The van der Waals surface area contributed by atoms with Crippen molar-refractivity contribution in [3.05, 3.63) is 50.9 Å². The minimum Gasteiger partial charge on any atom is -0.392 e. The zero-order valence-corrected chi connectivity index (χ0v) is 17.8. The number of unbranched alkanes of at least 4 members (excludes halogenated alkanes) is 1. The number of aromatic amines is 1. The standard InChI is InChI=1S/C22H27ClN4O3/c1-2-3-4-14-11-27(22(30)18-9-16(28)10-24-18)12-17-19(14)25-20(26-21(17)29)13-5-7-15(23)8-6-13/h5-8,14,16,18,24,28H,2-4,9-12H2,1H3,(H,25,26,29)/t14?,16?,18-/m0/s1. The number of carbonyl (C=O) groups is 1. The van der Waals surface area contributed by atoms with E-state index in [1.165, 1.54) is 0 Å². The number of aliphatic hydroxyl groups is 1. The van der Waals surface area contributed by atoms with Crippen molar-refractivity contribution in [2.45, 2.75) is 57.2 Å². The van der Waals surface area contributed by atoms with Crippen LogP contribution in [0.4, 0.5) is 0 Å². The highest BCUT2D eigenvalue weighted by Gasteiger charge is 2.36. The van der Waals surface area contributed by atoms with Gasteiger partial charge < -0.3 is 20.3 Å². The summed E-state index contributed by atoms with van der Waals surface area (Å²) in [5, 5.41) is 13.5. The molecule has 0 bridgehead atoms. The summed E-state index contributed by atoms with van der Waals surface area (Å²) in [5.41, 5.74) is 1.95. The number of benzene rings is 1. The number of carbonyl (C=O) groups excluding carboxylic acids is 1. The van der Waals surface area contributed by atoms with Crippen molar-refractivity contribution in [2.75, 3.05) is 13.1 Å². The average molecular weight is 431 g/mol. The second kappa shape index (κ2) is 8.88. The Hall–Kier alpha value is -2.22. The zero-order chi connectivity index (χ0) is 21.3. The van der Waals surface area contributed by atoms with Gasteiger partial charge in [-0.25, -0.2) is 4.98 Å². The van der Waals surface area contributed by atoms with Crippen molar-refractivity contribution in [2.24, 2.45) is 0 Å². The normalized spacial score (nSPS) is 23.4. The number of fused-ring (bicyclic) bond motifs is 1. The molecule has 0 radical (unpaired) electrons. The SMILES string of the molecule is CCCCC1CN(C(=O)[C@@H]2CC(O)CN2)Cc2c1nc(-c1ccc(Cl)cc1)[nH]c2=O. The fourth-order valence-corrected chi connectivity index (χ4v) is 4.46. The van der Waals surface area contributed by atoms with Crippen LogP contribution < -0.4 is 10.9 Å². The van der Waals surface area contributed by atoms with Gasteiger partial charge in [-0.05, 0) is 37.1 Å². The molecule has 3 heterocycles. The molecule has 0 aliphatic carbocycles. The minimum absolute atomic E-state index is 0.0114. The maximum absolute atomic E-state index is 13.0. The highest BCUT2D eigenvalue weighted by molar-refractivity contribution is 6.30. The number of H-pyrrole nitrogens is 1. The molecule has 7 nitrogen and oxygen atoms in total. The fourth-order valence-electron chi connectivity index (χ4n) is 4.33. The largest absolute Gasteiger partial charge is 0.392 e. The molecule has 1 saturated heterocycles. The van der Waals surface area contributed by atoms with Crippen molar-refractivity contribution >= 4 is 17.5 Å². The molecule has 1 fully saturated rings. The summed E-state index contributed by atoms with van der Waals surface area (Å²) in [6.07, 6.45) is 2.80. The third kappa shape index (κ3) is 4.29. The van der Waals surface area contributed by atoms with E-state index in [4.69, 9.17) is 16.6 Å². The Kier molecular flexibility index (Phi) is 6.22. The van der Waals surface area contributed by atoms with Crippen molar-refractivity contribution < 1.29 is 9.90 Å². The molecule has 2 unspecified atom stereocenters. The number of β-amino-alcohol motifs (C(OH)–C–C–N with tert-alkyl or cyclic N) is 1. The van der Waals surface area contributed by atoms with E-state index >= 15 is 0 Å². The molecule has 30 heavy (non-hydrogen) atoms. The van der Waals surface area contributed by atoms with Crippen LogP contribution in [0.25, 0.3) is 11.4 Å². The molecule has 3 N–H and O–H groups in total. The first-order valence-corrected chi connectivity index (χ1v) is 10.9. The van der Waals surface area contributed by atoms with Gasteiger partial charge in [-0.3, -0.25) is 9.59 Å². The van der Waals surface area contributed by atoms with Crippen LogP contribution in [0.3, 0.4) is 0 Å². The average Bonchev–Trinajstić information content (AvgIpc) is 3.18. The number of rotatable bonds is 5. The maximum Gasteiger partial charge on any atom is 0.256 e. The van der Waals surface area contributed by atoms with Crippen LogP contribution in [0.5, 0.6) is 0 Å². The van der Waals surface area contributed by atoms with Gasteiger partial charge in [-0.15, -0.1) is 0 Å². The second-order valence-electron chi connectivity index (χ2n) is 8.19. The van der Waals surface area contributed by atoms with E-state index in [0.29, 0.717) is 35.9 Å².